The van der Waals surface area contributed by atoms with E-state index in [1.54, 1.807) is 0 Å². The van der Waals surface area contributed by atoms with Crippen LogP contribution in [0.25, 0.3) is 0 Å². The van der Waals surface area contributed by atoms with Crippen LogP contribution in [0.1, 0.15) is 11.4 Å². The number of pyridine rings is 1. The lowest BCUT2D eigenvalue weighted by molar-refractivity contribution is -0.00400. The highest BCUT2D eigenvalue weighted by atomic mass is 31.1. The van der Waals surface area contributed by atoms with Crippen molar-refractivity contribution in [1.29, 1.82) is 0 Å². The Morgan fingerprint density at radius 3 is 0.828 bits per heavy atom. The second-order valence-electron chi connectivity index (χ2n) is 13.0. The largest absolute Gasteiger partial charge is 0.379 e. The van der Waals surface area contributed by atoms with Crippen molar-refractivity contribution in [2.24, 2.45) is 0 Å². The number of hydrogen-bond donors (Lipinski definition) is 0. The molecule has 1 heterocycles. The molecule has 0 unspecified atom stereocenters. The van der Waals surface area contributed by atoms with Crippen LogP contribution in [0.5, 0.6) is 0 Å². The second kappa shape index (κ2) is 29.7. The molecule has 58 heavy (non-hydrogen) atoms. The van der Waals surface area contributed by atoms with E-state index in [0.29, 0.717) is 106 Å². The summed E-state index contributed by atoms with van der Waals surface area (Å²) in [6, 6.07) is 48.7. The van der Waals surface area contributed by atoms with Crippen LogP contribution in [-0.4, -0.2) is 110 Å². The van der Waals surface area contributed by atoms with E-state index in [1.165, 1.54) is 21.2 Å². The maximum atomic E-state index is 5.90. The Labute approximate surface area is 347 Å². The van der Waals surface area contributed by atoms with E-state index >= 15 is 0 Å². The van der Waals surface area contributed by atoms with E-state index in [-0.39, 0.29) is 0 Å². The lowest BCUT2D eigenvalue weighted by Gasteiger charge is -2.18. The summed E-state index contributed by atoms with van der Waals surface area (Å²) >= 11 is 0. The van der Waals surface area contributed by atoms with E-state index in [9.17, 15) is 0 Å². The highest BCUT2D eigenvalue weighted by Crippen LogP contribution is 2.33. The molecule has 0 atom stereocenters. The van der Waals surface area contributed by atoms with Gasteiger partial charge in [-0.05, 0) is 61.5 Å². The summed E-state index contributed by atoms with van der Waals surface area (Å²) in [4.78, 5) is 4.64. The maximum absolute atomic E-state index is 5.90. The fourth-order valence-corrected chi connectivity index (χ4v) is 10.3. The van der Waals surface area contributed by atoms with Crippen LogP contribution in [-0.2, 0) is 51.1 Å². The predicted molar refractivity (Wildman–Crippen MR) is 236 cm³/mol. The molecule has 0 spiro atoms. The number of nitrogens with zero attached hydrogens (tertiary/aromatic N) is 1. The van der Waals surface area contributed by atoms with Gasteiger partial charge in [0.05, 0.1) is 117 Å². The van der Waals surface area contributed by atoms with E-state index in [4.69, 9.17) is 37.9 Å². The van der Waals surface area contributed by atoms with Crippen molar-refractivity contribution in [3.05, 3.63) is 151 Å². The topological polar surface area (TPSA) is 86.7 Å². The second-order valence-corrected chi connectivity index (χ2v) is 17.7. The fourth-order valence-electron chi connectivity index (χ4n) is 5.92. The molecule has 9 nitrogen and oxygen atoms in total. The zero-order valence-corrected chi connectivity index (χ0v) is 35.4. The van der Waals surface area contributed by atoms with E-state index < -0.39 is 15.8 Å². The molecule has 11 heteroatoms. The molecule has 0 aliphatic rings. The molecule has 5 rings (SSSR count). The molecule has 0 saturated carbocycles. The van der Waals surface area contributed by atoms with Crippen molar-refractivity contribution < 1.29 is 37.9 Å². The van der Waals surface area contributed by atoms with Gasteiger partial charge < -0.3 is 37.9 Å². The zero-order valence-electron chi connectivity index (χ0n) is 33.6. The first-order valence-corrected chi connectivity index (χ1v) is 23.2. The van der Waals surface area contributed by atoms with Gasteiger partial charge in [-0.25, -0.2) is 0 Å². The van der Waals surface area contributed by atoms with Gasteiger partial charge in [-0.1, -0.05) is 127 Å². The molecule has 310 valence electrons. The van der Waals surface area contributed by atoms with Crippen LogP contribution in [0.4, 0.5) is 0 Å². The SMILES string of the molecule is c1ccc(P(CCOCCOCCOCCOCc2cccc(COCCOCCOCCOCCP(c3ccccc3)c3ccccc3)n2)c2ccccc2)cc1. The third-order valence-electron chi connectivity index (χ3n) is 8.79. The first kappa shape index (κ1) is 45.7. The summed E-state index contributed by atoms with van der Waals surface area (Å²) in [6.45, 7) is 8.50. The molecular weight excluding hydrogens is 768 g/mol. The van der Waals surface area contributed by atoms with Crippen LogP contribution in [0.15, 0.2) is 140 Å². The standard InChI is InChI=1S/C47H59NO8P2/c1-5-16-44(17-6-1)57(45-18-7-2-8-19-45)38-36-53-30-28-49-24-26-51-32-34-55-40-42-14-13-15-43(48-42)41-56-35-33-52-27-25-50-29-31-54-37-39-58(46-20-9-3-10-21-46)47-22-11-4-12-23-47/h1-23H,24-41H2. The third kappa shape index (κ3) is 18.7. The quantitative estimate of drug-likeness (QED) is 0.0358. The Morgan fingerprint density at radius 1 is 0.276 bits per heavy atom. The average Bonchev–Trinajstić information content (AvgIpc) is 3.28. The predicted octanol–water partition coefficient (Wildman–Crippen LogP) is 6.48. The Morgan fingerprint density at radius 2 is 0.534 bits per heavy atom. The Hall–Kier alpha value is -3.43. The van der Waals surface area contributed by atoms with E-state index in [1.807, 2.05) is 18.2 Å². The molecule has 5 aromatic rings. The Kier molecular flexibility index (Phi) is 23.4. The van der Waals surface area contributed by atoms with Gasteiger partial charge in [0.2, 0.25) is 0 Å². The Bertz CT molecular complexity index is 1520. The molecular formula is C47H59NO8P2. The molecule has 0 saturated heterocycles. The van der Waals surface area contributed by atoms with Crippen molar-refractivity contribution in [2.45, 2.75) is 13.2 Å². The number of benzene rings is 4. The van der Waals surface area contributed by atoms with Crippen LogP contribution in [0.2, 0.25) is 0 Å². The van der Waals surface area contributed by atoms with Gasteiger partial charge in [-0.2, -0.15) is 0 Å². The van der Waals surface area contributed by atoms with E-state index in [0.717, 1.165) is 23.7 Å². The van der Waals surface area contributed by atoms with Crippen LogP contribution < -0.4 is 21.2 Å². The molecule has 0 aliphatic carbocycles. The maximum Gasteiger partial charge on any atom is 0.0889 e. The lowest BCUT2D eigenvalue weighted by atomic mass is 10.3. The minimum absolute atomic E-state index is 0.415. The summed E-state index contributed by atoms with van der Waals surface area (Å²) in [5, 5.41) is 5.49. The molecule has 0 aliphatic heterocycles. The first-order chi connectivity index (χ1) is 28.9. The van der Waals surface area contributed by atoms with Crippen LogP contribution in [0.3, 0.4) is 0 Å². The summed E-state index contributed by atoms with van der Waals surface area (Å²) in [6.07, 6.45) is 1.97. The normalized spacial score (nSPS) is 11.5. The number of rotatable bonds is 32. The van der Waals surface area contributed by atoms with Crippen molar-refractivity contribution >= 4 is 37.1 Å². The molecule has 0 radical (unpaired) electrons. The average molecular weight is 828 g/mol. The van der Waals surface area contributed by atoms with Gasteiger partial charge in [0.15, 0.2) is 0 Å². The Balaban J connectivity index is 0.786. The van der Waals surface area contributed by atoms with Crippen molar-refractivity contribution in [1.82, 2.24) is 4.98 Å². The molecule has 0 amide bonds. The van der Waals surface area contributed by atoms with Gasteiger partial charge >= 0.3 is 0 Å². The summed E-state index contributed by atoms with van der Waals surface area (Å²) in [5.74, 6) is 0. The van der Waals surface area contributed by atoms with Gasteiger partial charge in [0.1, 0.15) is 0 Å². The molecule has 0 bridgehead atoms. The molecule has 4 aromatic carbocycles. The third-order valence-corrected chi connectivity index (χ3v) is 13.7. The lowest BCUT2D eigenvalue weighted by Crippen LogP contribution is -2.17. The van der Waals surface area contributed by atoms with E-state index in [2.05, 4.69) is 126 Å². The van der Waals surface area contributed by atoms with Gasteiger partial charge in [-0.3, -0.25) is 4.98 Å². The molecule has 0 fully saturated rings. The number of aromatic nitrogens is 1. The van der Waals surface area contributed by atoms with Crippen molar-refractivity contribution in [3.8, 4) is 0 Å². The number of ether oxygens (including phenoxy) is 8. The highest BCUT2D eigenvalue weighted by Gasteiger charge is 2.14. The molecule has 0 N–H and O–H groups in total. The summed E-state index contributed by atoms with van der Waals surface area (Å²) in [5.41, 5.74) is 1.71. The first-order valence-electron chi connectivity index (χ1n) is 20.2. The monoisotopic (exact) mass is 827 g/mol. The van der Waals surface area contributed by atoms with Crippen molar-refractivity contribution in [3.63, 3.8) is 0 Å². The van der Waals surface area contributed by atoms with Gasteiger partial charge in [0, 0.05) is 0 Å². The van der Waals surface area contributed by atoms with Gasteiger partial charge in [-0.15, -0.1) is 0 Å². The number of hydrogen-bond acceptors (Lipinski definition) is 9. The summed E-state index contributed by atoms with van der Waals surface area (Å²) < 4.78 is 46.0. The van der Waals surface area contributed by atoms with Crippen LogP contribution in [0, 0.1) is 0 Å². The highest BCUT2D eigenvalue weighted by molar-refractivity contribution is 7.73. The zero-order chi connectivity index (χ0) is 40.0. The molecule has 1 aromatic heterocycles. The fraction of sp³-hybridized carbons (Fsp3) is 0.383. The van der Waals surface area contributed by atoms with Crippen molar-refractivity contribution in [2.75, 3.05) is 105 Å². The van der Waals surface area contributed by atoms with Crippen LogP contribution >= 0.6 is 15.8 Å². The minimum Gasteiger partial charge on any atom is -0.379 e. The summed E-state index contributed by atoms with van der Waals surface area (Å²) in [7, 11) is -0.878. The van der Waals surface area contributed by atoms with Gasteiger partial charge in [0.25, 0.3) is 0 Å². The smallest absolute Gasteiger partial charge is 0.0889 e. The minimum atomic E-state index is -0.439.